The number of amides is 1. The van der Waals surface area contributed by atoms with Gasteiger partial charge in [-0.25, -0.2) is 8.42 Å². The summed E-state index contributed by atoms with van der Waals surface area (Å²) in [6.45, 7) is 2.43. The van der Waals surface area contributed by atoms with Gasteiger partial charge < -0.3 is 14.2 Å². The molecule has 0 bridgehead atoms. The third kappa shape index (κ3) is 3.27. The standard InChI is InChI=1S/C17H25N3O5S/c21-17(16-14-5-1-2-6-15(14)25-18-16)19-7-3-4-13(12-19)26(22,23)20-8-10-24-11-9-20/h13H,1-12H2/t13-/m0/s1. The SMILES string of the molecule is O=C(c1noc2c1CCCC2)N1CCC[C@H](S(=O)(=O)N2CCOCC2)C1. The lowest BCUT2D eigenvalue weighted by Crippen LogP contribution is -2.52. The molecule has 2 fully saturated rings. The van der Waals surface area contributed by atoms with Crippen LogP contribution < -0.4 is 0 Å². The van der Waals surface area contributed by atoms with Crippen LogP contribution in [0.2, 0.25) is 0 Å². The first-order valence-corrected chi connectivity index (χ1v) is 10.9. The van der Waals surface area contributed by atoms with E-state index in [1.165, 1.54) is 4.31 Å². The number of morpholine rings is 1. The highest BCUT2D eigenvalue weighted by atomic mass is 32.2. The van der Waals surface area contributed by atoms with E-state index in [2.05, 4.69) is 5.16 Å². The number of carbonyl (C=O) groups excluding carboxylic acids is 1. The predicted octanol–water partition coefficient (Wildman–Crippen LogP) is 0.820. The van der Waals surface area contributed by atoms with Crippen molar-refractivity contribution in [1.29, 1.82) is 0 Å². The van der Waals surface area contributed by atoms with E-state index < -0.39 is 15.3 Å². The van der Waals surface area contributed by atoms with E-state index in [4.69, 9.17) is 9.26 Å². The minimum Gasteiger partial charge on any atom is -0.379 e. The molecule has 2 saturated heterocycles. The second kappa shape index (κ2) is 7.28. The van der Waals surface area contributed by atoms with Crippen molar-refractivity contribution in [2.45, 2.75) is 43.8 Å². The molecule has 9 heteroatoms. The lowest BCUT2D eigenvalue weighted by atomic mass is 9.96. The zero-order valence-corrected chi connectivity index (χ0v) is 15.7. The van der Waals surface area contributed by atoms with Crippen molar-refractivity contribution in [3.63, 3.8) is 0 Å². The van der Waals surface area contributed by atoms with Crippen LogP contribution in [-0.2, 0) is 27.6 Å². The van der Waals surface area contributed by atoms with Crippen LogP contribution in [0.25, 0.3) is 0 Å². The average molecular weight is 383 g/mol. The lowest BCUT2D eigenvalue weighted by Gasteiger charge is -2.36. The predicted molar refractivity (Wildman–Crippen MR) is 93.4 cm³/mol. The fraction of sp³-hybridized carbons (Fsp3) is 0.765. The van der Waals surface area contributed by atoms with E-state index in [9.17, 15) is 13.2 Å². The molecule has 144 valence electrons. The monoisotopic (exact) mass is 383 g/mol. The van der Waals surface area contributed by atoms with Crippen LogP contribution in [0.1, 0.15) is 47.5 Å². The fourth-order valence-electron chi connectivity index (χ4n) is 4.08. The topological polar surface area (TPSA) is 93.0 Å². The maximum atomic E-state index is 13.0. The number of hydrogen-bond donors (Lipinski definition) is 0. The lowest BCUT2D eigenvalue weighted by molar-refractivity contribution is 0.0680. The molecule has 0 radical (unpaired) electrons. The summed E-state index contributed by atoms with van der Waals surface area (Å²) in [6, 6.07) is 0. The molecule has 0 unspecified atom stereocenters. The first kappa shape index (κ1) is 17.9. The Bertz CT molecular complexity index is 769. The molecule has 3 aliphatic rings. The van der Waals surface area contributed by atoms with E-state index in [0.717, 1.165) is 37.0 Å². The smallest absolute Gasteiger partial charge is 0.276 e. The quantitative estimate of drug-likeness (QED) is 0.767. The number of aryl methyl sites for hydroxylation is 1. The van der Waals surface area contributed by atoms with E-state index in [1.807, 2.05) is 0 Å². The molecule has 0 N–H and O–H groups in total. The van der Waals surface area contributed by atoms with Gasteiger partial charge in [-0.1, -0.05) is 5.16 Å². The number of hydrogen-bond acceptors (Lipinski definition) is 6. The molecule has 0 saturated carbocycles. The van der Waals surface area contributed by atoms with Crippen LogP contribution in [0.3, 0.4) is 0 Å². The Morgan fingerprint density at radius 2 is 1.85 bits per heavy atom. The van der Waals surface area contributed by atoms with Crippen molar-refractivity contribution in [3.8, 4) is 0 Å². The molecule has 1 aromatic heterocycles. The van der Waals surface area contributed by atoms with Crippen molar-refractivity contribution in [3.05, 3.63) is 17.0 Å². The number of carbonyl (C=O) groups is 1. The Balaban J connectivity index is 1.50. The number of likely N-dealkylation sites (tertiary alicyclic amines) is 1. The van der Waals surface area contributed by atoms with Gasteiger partial charge in [0.15, 0.2) is 5.69 Å². The van der Waals surface area contributed by atoms with Gasteiger partial charge in [-0.3, -0.25) is 4.79 Å². The van der Waals surface area contributed by atoms with Gasteiger partial charge in [0.1, 0.15) is 5.76 Å². The number of piperidine rings is 1. The molecular weight excluding hydrogens is 358 g/mol. The highest BCUT2D eigenvalue weighted by Gasteiger charge is 2.38. The summed E-state index contributed by atoms with van der Waals surface area (Å²) in [6.07, 6.45) is 4.98. The van der Waals surface area contributed by atoms with Gasteiger partial charge in [0.25, 0.3) is 5.91 Å². The van der Waals surface area contributed by atoms with Crippen molar-refractivity contribution >= 4 is 15.9 Å². The van der Waals surface area contributed by atoms with Crippen LogP contribution in [0.15, 0.2) is 4.52 Å². The summed E-state index contributed by atoms with van der Waals surface area (Å²) < 4.78 is 38.0. The number of rotatable bonds is 3. The maximum Gasteiger partial charge on any atom is 0.276 e. The number of sulfonamides is 1. The molecule has 4 rings (SSSR count). The first-order valence-electron chi connectivity index (χ1n) is 9.41. The Labute approximate surface area is 153 Å². The van der Waals surface area contributed by atoms with Gasteiger partial charge in [0.05, 0.1) is 18.5 Å². The number of nitrogens with zero attached hydrogens (tertiary/aromatic N) is 3. The number of fused-ring (bicyclic) bond motifs is 1. The summed E-state index contributed by atoms with van der Waals surface area (Å²) in [4.78, 5) is 14.6. The highest BCUT2D eigenvalue weighted by Crippen LogP contribution is 2.27. The van der Waals surface area contributed by atoms with Gasteiger partial charge in [-0.05, 0) is 32.1 Å². The summed E-state index contributed by atoms with van der Waals surface area (Å²) in [5.41, 5.74) is 1.29. The molecule has 1 aromatic rings. The molecule has 1 atom stereocenters. The van der Waals surface area contributed by atoms with Crippen molar-refractivity contribution in [1.82, 2.24) is 14.4 Å². The zero-order chi connectivity index (χ0) is 18.1. The molecule has 26 heavy (non-hydrogen) atoms. The van der Waals surface area contributed by atoms with E-state index >= 15 is 0 Å². The summed E-state index contributed by atoms with van der Waals surface area (Å²) in [5.74, 6) is 0.618. The van der Waals surface area contributed by atoms with Crippen LogP contribution >= 0.6 is 0 Å². The van der Waals surface area contributed by atoms with Gasteiger partial charge in [-0.2, -0.15) is 4.31 Å². The highest BCUT2D eigenvalue weighted by molar-refractivity contribution is 7.89. The molecule has 2 aliphatic heterocycles. The van der Waals surface area contributed by atoms with Crippen LogP contribution in [0.5, 0.6) is 0 Å². The molecule has 0 spiro atoms. The van der Waals surface area contributed by atoms with Crippen molar-refractivity contribution in [2.24, 2.45) is 0 Å². The fourth-order valence-corrected chi connectivity index (χ4v) is 5.99. The minimum absolute atomic E-state index is 0.196. The number of ether oxygens (including phenoxy) is 1. The largest absolute Gasteiger partial charge is 0.379 e. The van der Waals surface area contributed by atoms with Crippen LogP contribution in [-0.4, -0.2) is 73.3 Å². The Morgan fingerprint density at radius 1 is 1.08 bits per heavy atom. The van der Waals surface area contributed by atoms with Crippen molar-refractivity contribution in [2.75, 3.05) is 39.4 Å². The Kier molecular flexibility index (Phi) is 5.02. The Hall–Kier alpha value is -1.45. The van der Waals surface area contributed by atoms with Gasteiger partial charge in [0, 0.05) is 38.2 Å². The third-order valence-corrected chi connectivity index (χ3v) is 7.88. The zero-order valence-electron chi connectivity index (χ0n) is 14.9. The normalized spacial score (nSPS) is 25.1. The van der Waals surface area contributed by atoms with Gasteiger partial charge >= 0.3 is 0 Å². The van der Waals surface area contributed by atoms with E-state index in [-0.39, 0.29) is 12.5 Å². The summed E-state index contributed by atoms with van der Waals surface area (Å²) in [5, 5.41) is 3.45. The molecule has 8 nitrogen and oxygen atoms in total. The second-order valence-electron chi connectivity index (χ2n) is 7.21. The van der Waals surface area contributed by atoms with Gasteiger partial charge in [0.2, 0.25) is 10.0 Å². The van der Waals surface area contributed by atoms with Crippen LogP contribution in [0, 0.1) is 0 Å². The molecule has 0 aromatic carbocycles. The molecule has 1 aliphatic carbocycles. The molecule has 1 amide bonds. The van der Waals surface area contributed by atoms with E-state index in [1.54, 1.807) is 4.90 Å². The average Bonchev–Trinajstić information content (AvgIpc) is 3.12. The number of aromatic nitrogens is 1. The maximum absolute atomic E-state index is 13.0. The Morgan fingerprint density at radius 3 is 2.65 bits per heavy atom. The molecular formula is C17H25N3O5S. The van der Waals surface area contributed by atoms with Crippen LogP contribution in [0.4, 0.5) is 0 Å². The second-order valence-corrected chi connectivity index (χ2v) is 9.42. The summed E-state index contributed by atoms with van der Waals surface area (Å²) >= 11 is 0. The van der Waals surface area contributed by atoms with Crippen molar-refractivity contribution < 1.29 is 22.5 Å². The van der Waals surface area contributed by atoms with Gasteiger partial charge in [-0.15, -0.1) is 0 Å². The first-order chi connectivity index (χ1) is 12.6. The molecule has 3 heterocycles. The van der Waals surface area contributed by atoms with E-state index in [0.29, 0.717) is 51.4 Å². The summed E-state index contributed by atoms with van der Waals surface area (Å²) in [7, 11) is -3.42. The third-order valence-electron chi connectivity index (χ3n) is 5.57. The minimum atomic E-state index is -3.42.